The first-order valence-electron chi connectivity index (χ1n) is 7.34. The van der Waals surface area contributed by atoms with Gasteiger partial charge in [-0.25, -0.2) is 0 Å². The van der Waals surface area contributed by atoms with Crippen molar-refractivity contribution in [1.82, 2.24) is 9.80 Å². The molecule has 2 aliphatic heterocycles. The molecule has 2 heterocycles. The lowest BCUT2D eigenvalue weighted by molar-refractivity contribution is 0.0779. The van der Waals surface area contributed by atoms with Gasteiger partial charge >= 0.3 is 0 Å². The van der Waals surface area contributed by atoms with Crippen LogP contribution in [0.1, 0.15) is 35.2 Å². The van der Waals surface area contributed by atoms with Crippen LogP contribution in [0.25, 0.3) is 0 Å². The highest BCUT2D eigenvalue weighted by molar-refractivity contribution is 5.95. The topological polar surface area (TPSA) is 23.6 Å². The summed E-state index contributed by atoms with van der Waals surface area (Å²) >= 11 is 0. The average Bonchev–Trinajstić information content (AvgIpc) is 3.09. The maximum absolute atomic E-state index is 12.5. The smallest absolute Gasteiger partial charge is 0.254 e. The number of rotatable bonds is 2. The Bertz CT molecular complexity index is 466. The van der Waals surface area contributed by atoms with Crippen LogP contribution in [0.4, 0.5) is 0 Å². The summed E-state index contributed by atoms with van der Waals surface area (Å²) in [4.78, 5) is 17.1. The second-order valence-corrected chi connectivity index (χ2v) is 5.75. The van der Waals surface area contributed by atoms with E-state index in [1.807, 2.05) is 36.1 Å². The first-order valence-corrected chi connectivity index (χ1v) is 7.34. The Hall–Kier alpha value is -1.35. The second-order valence-electron chi connectivity index (χ2n) is 5.75. The molecule has 0 spiro atoms. The lowest BCUT2D eigenvalue weighted by atomic mass is 10.1. The van der Waals surface area contributed by atoms with E-state index in [0.29, 0.717) is 6.04 Å². The number of amides is 1. The molecule has 2 saturated heterocycles. The van der Waals surface area contributed by atoms with Gasteiger partial charge in [0.25, 0.3) is 5.91 Å². The monoisotopic (exact) mass is 258 g/mol. The van der Waals surface area contributed by atoms with Crippen LogP contribution in [0, 0.1) is 6.92 Å². The van der Waals surface area contributed by atoms with Crippen LogP contribution in [0.5, 0.6) is 0 Å². The molecule has 1 aromatic rings. The molecule has 0 saturated carbocycles. The molecule has 102 valence electrons. The van der Waals surface area contributed by atoms with Crippen molar-refractivity contribution in [3.05, 3.63) is 35.4 Å². The summed E-state index contributed by atoms with van der Waals surface area (Å²) < 4.78 is 0. The van der Waals surface area contributed by atoms with Crippen molar-refractivity contribution in [1.29, 1.82) is 0 Å². The van der Waals surface area contributed by atoms with Gasteiger partial charge in [-0.05, 0) is 50.9 Å². The van der Waals surface area contributed by atoms with Gasteiger partial charge in [-0.2, -0.15) is 0 Å². The van der Waals surface area contributed by atoms with Gasteiger partial charge in [0, 0.05) is 24.7 Å². The van der Waals surface area contributed by atoms with Crippen LogP contribution < -0.4 is 0 Å². The van der Waals surface area contributed by atoms with E-state index >= 15 is 0 Å². The Morgan fingerprint density at radius 2 is 1.89 bits per heavy atom. The van der Waals surface area contributed by atoms with Crippen molar-refractivity contribution in [3.8, 4) is 0 Å². The molecule has 1 aromatic carbocycles. The highest BCUT2D eigenvalue weighted by Crippen LogP contribution is 2.22. The molecule has 2 aliphatic rings. The van der Waals surface area contributed by atoms with E-state index in [1.165, 1.54) is 25.9 Å². The standard InChI is InChI=1S/C16H22N2O/c1-13-6-2-3-7-15(13)16(19)18-11-8-14(12-18)17-9-4-5-10-17/h2-3,6-7,14H,4-5,8-12H2,1H3. The number of carbonyl (C=O) groups is 1. The van der Waals surface area contributed by atoms with E-state index in [4.69, 9.17) is 0 Å². The van der Waals surface area contributed by atoms with Gasteiger partial charge in [0.05, 0.1) is 0 Å². The highest BCUT2D eigenvalue weighted by atomic mass is 16.2. The van der Waals surface area contributed by atoms with Crippen LogP contribution >= 0.6 is 0 Å². The molecule has 1 unspecified atom stereocenters. The number of hydrogen-bond acceptors (Lipinski definition) is 2. The second kappa shape index (κ2) is 5.33. The van der Waals surface area contributed by atoms with E-state index in [0.717, 1.165) is 30.6 Å². The van der Waals surface area contributed by atoms with Gasteiger partial charge in [-0.1, -0.05) is 18.2 Å². The van der Waals surface area contributed by atoms with Crippen molar-refractivity contribution < 1.29 is 4.79 Å². The van der Waals surface area contributed by atoms with Crippen LogP contribution in [0.15, 0.2) is 24.3 Å². The average molecular weight is 258 g/mol. The summed E-state index contributed by atoms with van der Waals surface area (Å²) in [7, 11) is 0. The molecule has 3 rings (SSSR count). The highest BCUT2D eigenvalue weighted by Gasteiger charge is 2.32. The van der Waals surface area contributed by atoms with E-state index < -0.39 is 0 Å². The molecular formula is C16H22N2O. The summed E-state index contributed by atoms with van der Waals surface area (Å²) in [6.07, 6.45) is 3.78. The fraction of sp³-hybridized carbons (Fsp3) is 0.562. The maximum atomic E-state index is 12.5. The minimum atomic E-state index is 0.208. The molecule has 3 nitrogen and oxygen atoms in total. The molecule has 1 amide bonds. The number of aryl methyl sites for hydroxylation is 1. The number of likely N-dealkylation sites (tertiary alicyclic amines) is 2. The maximum Gasteiger partial charge on any atom is 0.254 e. The van der Waals surface area contributed by atoms with E-state index in [9.17, 15) is 4.79 Å². The van der Waals surface area contributed by atoms with Crippen LogP contribution in [0.2, 0.25) is 0 Å². The van der Waals surface area contributed by atoms with Crippen molar-refractivity contribution >= 4 is 5.91 Å². The van der Waals surface area contributed by atoms with Gasteiger partial charge in [0.15, 0.2) is 0 Å². The van der Waals surface area contributed by atoms with Crippen molar-refractivity contribution in [2.24, 2.45) is 0 Å². The number of benzene rings is 1. The molecule has 3 heteroatoms. The molecule has 0 bridgehead atoms. The zero-order valence-corrected chi connectivity index (χ0v) is 11.6. The zero-order valence-electron chi connectivity index (χ0n) is 11.6. The molecule has 2 fully saturated rings. The van der Waals surface area contributed by atoms with Crippen LogP contribution in [-0.4, -0.2) is 47.9 Å². The predicted octanol–water partition coefficient (Wildman–Crippen LogP) is 2.31. The summed E-state index contributed by atoms with van der Waals surface area (Å²) in [5.74, 6) is 0.208. The molecule has 19 heavy (non-hydrogen) atoms. The summed E-state index contributed by atoms with van der Waals surface area (Å²) in [5, 5.41) is 0. The van der Waals surface area contributed by atoms with Gasteiger partial charge < -0.3 is 4.90 Å². The third kappa shape index (κ3) is 2.52. The van der Waals surface area contributed by atoms with Crippen molar-refractivity contribution in [3.63, 3.8) is 0 Å². The lowest BCUT2D eigenvalue weighted by Crippen LogP contribution is -2.37. The Kier molecular flexibility index (Phi) is 3.56. The first kappa shape index (κ1) is 12.7. The molecule has 1 atom stereocenters. The van der Waals surface area contributed by atoms with Gasteiger partial charge in [0.2, 0.25) is 0 Å². The van der Waals surface area contributed by atoms with Crippen molar-refractivity contribution in [2.75, 3.05) is 26.2 Å². The molecular weight excluding hydrogens is 236 g/mol. The minimum Gasteiger partial charge on any atom is -0.337 e. The number of nitrogens with zero attached hydrogens (tertiary/aromatic N) is 2. The Morgan fingerprint density at radius 1 is 1.16 bits per heavy atom. The number of hydrogen-bond donors (Lipinski definition) is 0. The fourth-order valence-corrected chi connectivity index (χ4v) is 3.31. The summed E-state index contributed by atoms with van der Waals surface area (Å²) in [5.41, 5.74) is 1.95. The summed E-state index contributed by atoms with van der Waals surface area (Å²) in [6, 6.07) is 8.50. The van der Waals surface area contributed by atoms with E-state index in [2.05, 4.69) is 4.90 Å². The first-order chi connectivity index (χ1) is 9.25. The van der Waals surface area contributed by atoms with Gasteiger partial charge in [0.1, 0.15) is 0 Å². The Morgan fingerprint density at radius 3 is 2.63 bits per heavy atom. The minimum absolute atomic E-state index is 0.208. The SMILES string of the molecule is Cc1ccccc1C(=O)N1CCC(N2CCCC2)C1. The molecule has 0 radical (unpaired) electrons. The zero-order chi connectivity index (χ0) is 13.2. The Balaban J connectivity index is 1.67. The lowest BCUT2D eigenvalue weighted by Gasteiger charge is -2.23. The van der Waals surface area contributed by atoms with E-state index in [1.54, 1.807) is 0 Å². The van der Waals surface area contributed by atoms with Crippen LogP contribution in [-0.2, 0) is 0 Å². The fourth-order valence-electron chi connectivity index (χ4n) is 3.31. The van der Waals surface area contributed by atoms with Gasteiger partial charge in [-0.15, -0.1) is 0 Å². The summed E-state index contributed by atoms with van der Waals surface area (Å²) in [6.45, 7) is 6.27. The van der Waals surface area contributed by atoms with Crippen molar-refractivity contribution in [2.45, 2.75) is 32.2 Å². The Labute approximate surface area is 115 Å². The molecule has 0 N–H and O–H groups in total. The predicted molar refractivity (Wildman–Crippen MR) is 76.3 cm³/mol. The third-order valence-electron chi connectivity index (χ3n) is 4.48. The normalized spacial score (nSPS) is 24.1. The largest absolute Gasteiger partial charge is 0.337 e. The third-order valence-corrected chi connectivity index (χ3v) is 4.48. The van der Waals surface area contributed by atoms with Crippen LogP contribution in [0.3, 0.4) is 0 Å². The number of carbonyl (C=O) groups excluding carboxylic acids is 1. The molecule has 0 aromatic heterocycles. The molecule has 0 aliphatic carbocycles. The quantitative estimate of drug-likeness (QED) is 0.812. The van der Waals surface area contributed by atoms with E-state index in [-0.39, 0.29) is 5.91 Å². The van der Waals surface area contributed by atoms with Gasteiger partial charge in [-0.3, -0.25) is 9.69 Å².